The molecule has 2 atom stereocenters. The van der Waals surface area contributed by atoms with Gasteiger partial charge in [0, 0.05) is 43.2 Å². The zero-order valence-electron chi connectivity index (χ0n) is 14.2. The van der Waals surface area contributed by atoms with Gasteiger partial charge in [0.25, 0.3) is 5.91 Å². The molecule has 2 aliphatic heterocycles. The Morgan fingerprint density at radius 2 is 2.20 bits per heavy atom. The maximum absolute atomic E-state index is 12.6. The second-order valence-electron chi connectivity index (χ2n) is 6.91. The second kappa shape index (κ2) is 7.04. The van der Waals surface area contributed by atoms with E-state index in [1.807, 2.05) is 17.0 Å². The number of likely N-dealkylation sites (tertiary alicyclic amines) is 2. The van der Waals surface area contributed by atoms with E-state index in [9.17, 15) is 9.59 Å². The van der Waals surface area contributed by atoms with Crippen LogP contribution in [-0.4, -0.2) is 52.3 Å². The number of thiophene rings is 1. The molecule has 0 spiro atoms. The van der Waals surface area contributed by atoms with Crippen LogP contribution in [0, 0.1) is 5.92 Å². The van der Waals surface area contributed by atoms with E-state index in [4.69, 9.17) is 0 Å². The van der Waals surface area contributed by atoms with Crippen molar-refractivity contribution >= 4 is 23.2 Å². The lowest BCUT2D eigenvalue weighted by atomic mass is 9.83. The van der Waals surface area contributed by atoms with E-state index in [1.165, 1.54) is 4.88 Å². The number of rotatable bonds is 4. The first kappa shape index (κ1) is 16.4. The topological polar surface area (TPSA) is 56.4 Å². The van der Waals surface area contributed by atoms with Crippen LogP contribution in [-0.2, 0) is 11.2 Å². The first-order valence-corrected chi connectivity index (χ1v) is 9.85. The Morgan fingerprint density at radius 3 is 2.96 bits per heavy atom. The summed E-state index contributed by atoms with van der Waals surface area (Å²) in [6, 6.07) is 8.16. The van der Waals surface area contributed by atoms with Crippen LogP contribution < -0.4 is 0 Å². The third-order valence-electron chi connectivity index (χ3n) is 5.44. The SMILES string of the molecule is O=C(c1ccc[nH]1)N1CCC2C(CCC(=O)N2CCc2cccs2)C1. The van der Waals surface area contributed by atoms with Crippen LogP contribution in [0.3, 0.4) is 0 Å². The van der Waals surface area contributed by atoms with Crippen LogP contribution >= 0.6 is 11.3 Å². The van der Waals surface area contributed by atoms with Crippen molar-refractivity contribution < 1.29 is 9.59 Å². The molecular formula is C19H23N3O2S. The molecule has 2 unspecified atom stereocenters. The van der Waals surface area contributed by atoms with Crippen molar-refractivity contribution in [1.82, 2.24) is 14.8 Å². The first-order chi connectivity index (χ1) is 12.2. The van der Waals surface area contributed by atoms with Crippen LogP contribution in [0.25, 0.3) is 0 Å². The molecule has 2 aromatic rings. The summed E-state index contributed by atoms with van der Waals surface area (Å²) in [5, 5.41) is 2.08. The molecule has 2 saturated heterocycles. The minimum atomic E-state index is 0.0745. The van der Waals surface area contributed by atoms with Crippen molar-refractivity contribution in [3.05, 3.63) is 46.4 Å². The fourth-order valence-electron chi connectivity index (χ4n) is 4.15. The first-order valence-electron chi connectivity index (χ1n) is 8.97. The number of hydrogen-bond acceptors (Lipinski definition) is 3. The maximum atomic E-state index is 12.6. The summed E-state index contributed by atoms with van der Waals surface area (Å²) in [4.78, 5) is 33.4. The molecule has 132 valence electrons. The number of aromatic amines is 1. The van der Waals surface area contributed by atoms with Gasteiger partial charge >= 0.3 is 0 Å². The summed E-state index contributed by atoms with van der Waals surface area (Å²) in [7, 11) is 0. The Kier molecular flexibility index (Phi) is 4.61. The number of aromatic nitrogens is 1. The second-order valence-corrected chi connectivity index (χ2v) is 7.94. The van der Waals surface area contributed by atoms with E-state index < -0.39 is 0 Å². The Hall–Kier alpha value is -2.08. The molecule has 2 aliphatic rings. The van der Waals surface area contributed by atoms with Crippen LogP contribution in [0.1, 0.15) is 34.6 Å². The highest BCUT2D eigenvalue weighted by Gasteiger charge is 2.40. The van der Waals surface area contributed by atoms with Crippen molar-refractivity contribution in [2.75, 3.05) is 19.6 Å². The predicted molar refractivity (Wildman–Crippen MR) is 97.6 cm³/mol. The van der Waals surface area contributed by atoms with Gasteiger partial charge < -0.3 is 14.8 Å². The molecule has 1 N–H and O–H groups in total. The number of piperidine rings is 2. The van der Waals surface area contributed by atoms with E-state index in [1.54, 1.807) is 17.5 Å². The summed E-state index contributed by atoms with van der Waals surface area (Å²) in [5.74, 6) is 0.751. The molecular weight excluding hydrogens is 334 g/mol. The summed E-state index contributed by atoms with van der Waals surface area (Å²) in [5.41, 5.74) is 0.653. The summed E-state index contributed by atoms with van der Waals surface area (Å²) < 4.78 is 0. The lowest BCUT2D eigenvalue weighted by Gasteiger charge is -2.47. The molecule has 5 nitrogen and oxygen atoms in total. The highest BCUT2D eigenvalue weighted by molar-refractivity contribution is 7.09. The third kappa shape index (κ3) is 3.35. The summed E-state index contributed by atoms with van der Waals surface area (Å²) >= 11 is 1.75. The van der Waals surface area contributed by atoms with Crippen molar-refractivity contribution in [2.45, 2.75) is 31.7 Å². The standard InChI is InChI=1S/C19H23N3O2S/c23-18-6-5-14-13-21(19(24)16-4-1-9-20-16)10-8-17(14)22(18)11-7-15-3-2-12-25-15/h1-4,9,12,14,17,20H,5-8,10-11,13H2. The molecule has 4 heterocycles. The average molecular weight is 357 g/mol. The monoisotopic (exact) mass is 357 g/mol. The van der Waals surface area contributed by atoms with Gasteiger partial charge in [0.2, 0.25) is 5.91 Å². The zero-order valence-corrected chi connectivity index (χ0v) is 15.0. The number of carbonyl (C=O) groups is 2. The number of fused-ring (bicyclic) bond motifs is 1. The third-order valence-corrected chi connectivity index (χ3v) is 6.37. The minimum absolute atomic E-state index is 0.0745. The molecule has 0 saturated carbocycles. The highest BCUT2D eigenvalue weighted by atomic mass is 32.1. The average Bonchev–Trinajstić information content (AvgIpc) is 3.33. The maximum Gasteiger partial charge on any atom is 0.270 e. The van der Waals surface area contributed by atoms with Crippen LogP contribution in [0.4, 0.5) is 0 Å². The molecule has 0 bridgehead atoms. The number of amides is 2. The highest BCUT2D eigenvalue weighted by Crippen LogP contribution is 2.32. The normalized spacial score (nSPS) is 23.6. The minimum Gasteiger partial charge on any atom is -0.357 e. The molecule has 0 radical (unpaired) electrons. The Bertz CT molecular complexity index is 726. The van der Waals surface area contributed by atoms with Gasteiger partial charge in [-0.05, 0) is 48.8 Å². The van der Waals surface area contributed by atoms with E-state index in [0.717, 1.165) is 38.9 Å². The van der Waals surface area contributed by atoms with Gasteiger partial charge in [0.05, 0.1) is 0 Å². The van der Waals surface area contributed by atoms with E-state index in [0.29, 0.717) is 18.0 Å². The lowest BCUT2D eigenvalue weighted by Crippen LogP contribution is -2.57. The van der Waals surface area contributed by atoms with Crippen LogP contribution in [0.2, 0.25) is 0 Å². The molecule has 0 aliphatic carbocycles. The lowest BCUT2D eigenvalue weighted by molar-refractivity contribution is -0.140. The van der Waals surface area contributed by atoms with Gasteiger partial charge in [-0.3, -0.25) is 9.59 Å². The summed E-state index contributed by atoms with van der Waals surface area (Å²) in [6.07, 6.45) is 5.10. The molecule has 2 aromatic heterocycles. The quantitative estimate of drug-likeness (QED) is 0.915. The van der Waals surface area contributed by atoms with Gasteiger partial charge in [-0.25, -0.2) is 0 Å². The number of nitrogens with one attached hydrogen (secondary N) is 1. The largest absolute Gasteiger partial charge is 0.357 e. The van der Waals surface area contributed by atoms with E-state index >= 15 is 0 Å². The van der Waals surface area contributed by atoms with Crippen LogP contribution in [0.15, 0.2) is 35.8 Å². The number of carbonyl (C=O) groups excluding carboxylic acids is 2. The fourth-order valence-corrected chi connectivity index (χ4v) is 4.84. The van der Waals surface area contributed by atoms with Crippen molar-refractivity contribution in [2.24, 2.45) is 5.92 Å². The molecule has 0 aromatic carbocycles. The number of hydrogen-bond donors (Lipinski definition) is 1. The van der Waals surface area contributed by atoms with Gasteiger partial charge in [-0.1, -0.05) is 6.07 Å². The van der Waals surface area contributed by atoms with Gasteiger partial charge in [0.1, 0.15) is 5.69 Å². The number of nitrogens with zero attached hydrogens (tertiary/aromatic N) is 2. The predicted octanol–water partition coefficient (Wildman–Crippen LogP) is 2.77. The molecule has 2 amide bonds. The van der Waals surface area contributed by atoms with Crippen LogP contribution in [0.5, 0.6) is 0 Å². The van der Waals surface area contributed by atoms with Crippen molar-refractivity contribution in [3.8, 4) is 0 Å². The van der Waals surface area contributed by atoms with Gasteiger partial charge in [-0.2, -0.15) is 0 Å². The van der Waals surface area contributed by atoms with Crippen molar-refractivity contribution in [1.29, 1.82) is 0 Å². The fraction of sp³-hybridized carbons (Fsp3) is 0.474. The van der Waals surface area contributed by atoms with E-state index in [2.05, 4.69) is 27.4 Å². The smallest absolute Gasteiger partial charge is 0.270 e. The summed E-state index contributed by atoms with van der Waals surface area (Å²) in [6.45, 7) is 2.28. The molecule has 2 fully saturated rings. The molecule has 25 heavy (non-hydrogen) atoms. The van der Waals surface area contributed by atoms with E-state index in [-0.39, 0.29) is 17.9 Å². The Balaban J connectivity index is 1.41. The molecule has 4 rings (SSSR count). The molecule has 6 heteroatoms. The van der Waals surface area contributed by atoms with Gasteiger partial charge in [-0.15, -0.1) is 11.3 Å². The number of H-pyrrole nitrogens is 1. The van der Waals surface area contributed by atoms with Gasteiger partial charge in [0.15, 0.2) is 0 Å². The Morgan fingerprint density at radius 1 is 1.28 bits per heavy atom. The Labute approximate surface area is 151 Å². The zero-order chi connectivity index (χ0) is 17.2. The van der Waals surface area contributed by atoms with Crippen molar-refractivity contribution in [3.63, 3.8) is 0 Å².